The molecule has 1 aromatic rings. The average Bonchev–Trinajstić information content (AvgIpc) is 2.60. The van der Waals surface area contributed by atoms with Gasteiger partial charge in [-0.1, -0.05) is 6.42 Å². The highest BCUT2D eigenvalue weighted by Crippen LogP contribution is 2.37. The van der Waals surface area contributed by atoms with Crippen LogP contribution in [0.2, 0.25) is 0 Å². The van der Waals surface area contributed by atoms with E-state index in [2.05, 4.69) is 14.8 Å². The van der Waals surface area contributed by atoms with Gasteiger partial charge in [0.25, 0.3) is 0 Å². The lowest BCUT2D eigenvalue weighted by atomic mass is 9.84. The molecule has 0 radical (unpaired) electrons. The van der Waals surface area contributed by atoms with Crippen LogP contribution in [-0.4, -0.2) is 21.3 Å². The van der Waals surface area contributed by atoms with E-state index in [-0.39, 0.29) is 0 Å². The first-order valence-corrected chi connectivity index (χ1v) is 6.50. The zero-order chi connectivity index (χ0) is 11.0. The van der Waals surface area contributed by atoms with Crippen LogP contribution in [0.3, 0.4) is 0 Å². The molecule has 0 spiro atoms. The van der Waals surface area contributed by atoms with Gasteiger partial charge >= 0.3 is 0 Å². The summed E-state index contributed by atoms with van der Waals surface area (Å²) in [6, 6.07) is 0. The summed E-state index contributed by atoms with van der Waals surface area (Å²) < 4.78 is 2.38. The van der Waals surface area contributed by atoms with Gasteiger partial charge in [-0.25, -0.2) is 0 Å². The molecule has 1 fully saturated rings. The molecular formula is C12H20N4. The van der Waals surface area contributed by atoms with Crippen LogP contribution >= 0.6 is 0 Å². The minimum atomic E-state index is 0.692. The first kappa shape index (κ1) is 10.3. The van der Waals surface area contributed by atoms with E-state index in [1.54, 1.807) is 0 Å². The number of hydrogen-bond acceptors (Lipinski definition) is 3. The van der Waals surface area contributed by atoms with Crippen molar-refractivity contribution in [1.82, 2.24) is 14.8 Å². The van der Waals surface area contributed by atoms with Gasteiger partial charge < -0.3 is 10.3 Å². The molecule has 1 aliphatic heterocycles. The van der Waals surface area contributed by atoms with Crippen LogP contribution in [-0.2, 0) is 13.0 Å². The highest BCUT2D eigenvalue weighted by molar-refractivity contribution is 5.07. The van der Waals surface area contributed by atoms with Crippen molar-refractivity contribution in [3.05, 3.63) is 11.6 Å². The standard InChI is InChI=1S/C12H20N4/c13-7-6-9-4-5-11-14-15-12(16(11)8-9)10-2-1-3-10/h9-10H,1-8,13H2. The first-order valence-electron chi connectivity index (χ1n) is 6.50. The van der Waals surface area contributed by atoms with E-state index >= 15 is 0 Å². The van der Waals surface area contributed by atoms with E-state index in [9.17, 15) is 0 Å². The topological polar surface area (TPSA) is 56.7 Å². The van der Waals surface area contributed by atoms with E-state index in [0.717, 1.165) is 31.8 Å². The summed E-state index contributed by atoms with van der Waals surface area (Å²) in [4.78, 5) is 0. The Morgan fingerprint density at radius 3 is 2.81 bits per heavy atom. The van der Waals surface area contributed by atoms with E-state index in [4.69, 9.17) is 5.73 Å². The maximum Gasteiger partial charge on any atom is 0.136 e. The van der Waals surface area contributed by atoms with Crippen molar-refractivity contribution in [2.24, 2.45) is 11.7 Å². The minimum Gasteiger partial charge on any atom is -0.330 e. The lowest BCUT2D eigenvalue weighted by Gasteiger charge is -2.29. The predicted octanol–water partition coefficient (Wildman–Crippen LogP) is 1.46. The molecule has 1 saturated carbocycles. The van der Waals surface area contributed by atoms with Gasteiger partial charge in [0.2, 0.25) is 0 Å². The van der Waals surface area contributed by atoms with Crippen LogP contribution in [0.15, 0.2) is 0 Å². The first-order chi connectivity index (χ1) is 7.88. The van der Waals surface area contributed by atoms with E-state index in [0.29, 0.717) is 5.92 Å². The third-order valence-electron chi connectivity index (χ3n) is 4.12. The Morgan fingerprint density at radius 1 is 1.25 bits per heavy atom. The Hall–Kier alpha value is -0.900. The van der Waals surface area contributed by atoms with Crippen molar-refractivity contribution < 1.29 is 0 Å². The van der Waals surface area contributed by atoms with E-state index in [1.165, 1.54) is 37.3 Å². The van der Waals surface area contributed by atoms with Crippen molar-refractivity contribution in [3.8, 4) is 0 Å². The van der Waals surface area contributed by atoms with Gasteiger partial charge in [0.05, 0.1) is 0 Å². The van der Waals surface area contributed by atoms with Gasteiger partial charge in [-0.3, -0.25) is 0 Å². The van der Waals surface area contributed by atoms with Gasteiger partial charge in [-0.2, -0.15) is 0 Å². The van der Waals surface area contributed by atoms with Crippen LogP contribution in [0.1, 0.15) is 49.7 Å². The highest BCUT2D eigenvalue weighted by Gasteiger charge is 2.29. The Balaban J connectivity index is 1.80. The van der Waals surface area contributed by atoms with Gasteiger partial charge in [0, 0.05) is 18.9 Å². The number of nitrogens with zero attached hydrogens (tertiary/aromatic N) is 3. The Labute approximate surface area is 96.2 Å². The van der Waals surface area contributed by atoms with Crippen molar-refractivity contribution in [2.75, 3.05) is 6.54 Å². The van der Waals surface area contributed by atoms with Crippen molar-refractivity contribution >= 4 is 0 Å². The fraction of sp³-hybridized carbons (Fsp3) is 0.833. The molecule has 88 valence electrons. The molecule has 4 nitrogen and oxygen atoms in total. The van der Waals surface area contributed by atoms with E-state index < -0.39 is 0 Å². The van der Waals surface area contributed by atoms with Gasteiger partial charge in [-0.05, 0) is 38.1 Å². The summed E-state index contributed by atoms with van der Waals surface area (Å²) in [5.41, 5.74) is 5.65. The number of aryl methyl sites for hydroxylation is 1. The second-order valence-corrected chi connectivity index (χ2v) is 5.19. The molecule has 2 aliphatic rings. The van der Waals surface area contributed by atoms with Gasteiger partial charge in [-0.15, -0.1) is 10.2 Å². The third-order valence-corrected chi connectivity index (χ3v) is 4.12. The highest BCUT2D eigenvalue weighted by atomic mass is 15.3. The molecular weight excluding hydrogens is 200 g/mol. The zero-order valence-corrected chi connectivity index (χ0v) is 9.73. The molecule has 16 heavy (non-hydrogen) atoms. The molecule has 3 rings (SSSR count). The number of rotatable bonds is 3. The van der Waals surface area contributed by atoms with Crippen molar-refractivity contribution in [3.63, 3.8) is 0 Å². The average molecular weight is 220 g/mol. The maximum absolute atomic E-state index is 5.65. The largest absolute Gasteiger partial charge is 0.330 e. The molecule has 2 N–H and O–H groups in total. The molecule has 1 aromatic heterocycles. The lowest BCUT2D eigenvalue weighted by Crippen LogP contribution is -2.26. The SMILES string of the molecule is NCCC1CCc2nnc(C3CCC3)n2C1. The number of nitrogens with two attached hydrogens (primary N) is 1. The summed E-state index contributed by atoms with van der Waals surface area (Å²) in [7, 11) is 0. The lowest BCUT2D eigenvalue weighted by molar-refractivity contribution is 0.320. The molecule has 4 heteroatoms. The Kier molecular flexibility index (Phi) is 2.67. The maximum atomic E-state index is 5.65. The van der Waals surface area contributed by atoms with Crippen LogP contribution in [0.4, 0.5) is 0 Å². The summed E-state index contributed by atoms with van der Waals surface area (Å²) in [6.07, 6.45) is 7.44. The summed E-state index contributed by atoms with van der Waals surface area (Å²) in [6.45, 7) is 1.91. The van der Waals surface area contributed by atoms with Crippen LogP contribution in [0, 0.1) is 5.92 Å². The Morgan fingerprint density at radius 2 is 2.12 bits per heavy atom. The summed E-state index contributed by atoms with van der Waals surface area (Å²) in [5.74, 6) is 3.89. The van der Waals surface area contributed by atoms with Gasteiger partial charge in [0.1, 0.15) is 11.6 Å². The third kappa shape index (κ3) is 1.65. The monoisotopic (exact) mass is 220 g/mol. The molecule has 0 bridgehead atoms. The second kappa shape index (κ2) is 4.17. The number of hydrogen-bond donors (Lipinski definition) is 1. The smallest absolute Gasteiger partial charge is 0.136 e. The minimum absolute atomic E-state index is 0.692. The molecule has 1 atom stereocenters. The fourth-order valence-corrected chi connectivity index (χ4v) is 2.86. The molecule has 1 aliphatic carbocycles. The molecule has 0 amide bonds. The summed E-state index contributed by atoms with van der Waals surface area (Å²) >= 11 is 0. The Bertz CT molecular complexity index is 367. The summed E-state index contributed by atoms with van der Waals surface area (Å²) in [5, 5.41) is 8.73. The number of fused-ring (bicyclic) bond motifs is 1. The van der Waals surface area contributed by atoms with Crippen LogP contribution < -0.4 is 5.73 Å². The second-order valence-electron chi connectivity index (χ2n) is 5.19. The van der Waals surface area contributed by atoms with Crippen molar-refractivity contribution in [2.45, 2.75) is 51.0 Å². The predicted molar refractivity (Wildman–Crippen MR) is 62.1 cm³/mol. The van der Waals surface area contributed by atoms with Crippen LogP contribution in [0.5, 0.6) is 0 Å². The van der Waals surface area contributed by atoms with Crippen LogP contribution in [0.25, 0.3) is 0 Å². The van der Waals surface area contributed by atoms with Crippen molar-refractivity contribution in [1.29, 1.82) is 0 Å². The normalized spacial score (nSPS) is 25.2. The molecule has 0 aromatic carbocycles. The fourth-order valence-electron chi connectivity index (χ4n) is 2.86. The van der Waals surface area contributed by atoms with Gasteiger partial charge in [0.15, 0.2) is 0 Å². The molecule has 2 heterocycles. The number of aromatic nitrogens is 3. The van der Waals surface area contributed by atoms with E-state index in [1.807, 2.05) is 0 Å². The quantitative estimate of drug-likeness (QED) is 0.839. The molecule has 1 unspecified atom stereocenters. The zero-order valence-electron chi connectivity index (χ0n) is 9.73. The molecule has 0 saturated heterocycles.